The first kappa shape index (κ1) is 68.0. The minimum atomic E-state index is -5.09. The first-order chi connectivity index (χ1) is 40.5. The Morgan fingerprint density at radius 2 is 1.08 bits per heavy atom. The number of hydrogen-bond donors (Lipinski definition) is 4. The third kappa shape index (κ3) is 16.0. The highest BCUT2D eigenvalue weighted by Gasteiger charge is 2.48. The van der Waals surface area contributed by atoms with Crippen molar-refractivity contribution in [1.29, 1.82) is 0 Å². The highest BCUT2D eigenvalue weighted by molar-refractivity contribution is 7.87. The number of hydrogen-bond acceptors (Lipinski definition) is 20. The van der Waals surface area contributed by atoms with Gasteiger partial charge in [0.1, 0.15) is 23.0 Å². The molecule has 26 nitrogen and oxygen atoms in total. The molecule has 1 fully saturated rings. The highest BCUT2D eigenvalue weighted by atomic mass is 32.2. The van der Waals surface area contributed by atoms with Crippen LogP contribution in [0.2, 0.25) is 0 Å². The van der Waals surface area contributed by atoms with E-state index in [-0.39, 0.29) is 138 Å². The number of Topliss-reactive ketones (excluding diaryl/α,β-unsaturated/α-hetero) is 1. The molecular weight excluding hydrogens is 1210 g/mol. The molecule has 472 valence electrons. The molecule has 0 aliphatic carbocycles. The largest absolute Gasteiger partial charge is 0.383 e. The van der Waals surface area contributed by atoms with Gasteiger partial charge in [-0.3, -0.25) is 37.5 Å². The van der Waals surface area contributed by atoms with Crippen molar-refractivity contribution in [3.8, 4) is 0 Å². The molecule has 4 aromatic carbocycles. The van der Waals surface area contributed by atoms with Gasteiger partial charge in [0.2, 0.25) is 17.5 Å². The van der Waals surface area contributed by atoms with Gasteiger partial charge in [0.05, 0.1) is 81.2 Å². The molecule has 0 aromatic heterocycles. The molecule has 0 radical (unpaired) electrons. The zero-order valence-corrected chi connectivity index (χ0v) is 51.5. The summed E-state index contributed by atoms with van der Waals surface area (Å²) < 4.78 is 191. The number of ether oxygens (including phenoxy) is 8. The summed E-state index contributed by atoms with van der Waals surface area (Å²) in [5.41, 5.74) is 0.739. The Morgan fingerprint density at radius 3 is 1.63 bits per heavy atom. The van der Waals surface area contributed by atoms with Crippen LogP contribution in [-0.4, -0.2) is 211 Å². The number of allylic oxidation sites excluding steroid dienone is 4. The van der Waals surface area contributed by atoms with E-state index in [1.165, 1.54) is 19.2 Å². The van der Waals surface area contributed by atoms with Crippen LogP contribution in [0.1, 0.15) is 57.6 Å². The Hall–Kier alpha value is -5.52. The maximum Gasteiger partial charge on any atom is 0.295 e. The number of anilines is 1. The summed E-state index contributed by atoms with van der Waals surface area (Å²) in [7, 11) is -17.2. The number of ketones is 1. The fourth-order valence-electron chi connectivity index (χ4n) is 10.9. The number of nitrogens with zero attached hydrogens (tertiary/aromatic N) is 3. The Kier molecular flexibility index (Phi) is 22.7. The highest BCUT2D eigenvalue weighted by Crippen LogP contribution is 2.54. The van der Waals surface area contributed by atoms with Gasteiger partial charge in [-0.25, -0.2) is 0 Å². The number of carbonyl (C=O) groups excluding carboxylic acids is 3. The van der Waals surface area contributed by atoms with Crippen LogP contribution in [0.15, 0.2) is 92.0 Å². The molecule has 30 heteroatoms. The van der Waals surface area contributed by atoms with Crippen LogP contribution < -0.4 is 4.90 Å². The molecule has 0 spiro atoms. The van der Waals surface area contributed by atoms with Gasteiger partial charge in [0, 0.05) is 98.7 Å². The van der Waals surface area contributed by atoms with Crippen LogP contribution in [0.25, 0.3) is 21.5 Å². The molecule has 1 saturated heterocycles. The predicted molar refractivity (Wildman–Crippen MR) is 311 cm³/mol. The normalized spacial score (nSPS) is 17.8. The average Bonchev–Trinajstić information content (AvgIpc) is 1.52. The van der Waals surface area contributed by atoms with Crippen LogP contribution in [0.5, 0.6) is 0 Å². The molecule has 3 aliphatic heterocycles. The van der Waals surface area contributed by atoms with Gasteiger partial charge in [-0.2, -0.15) is 38.2 Å². The fourth-order valence-corrected chi connectivity index (χ4v) is 13.6. The van der Waals surface area contributed by atoms with E-state index in [2.05, 4.69) is 0 Å². The van der Waals surface area contributed by atoms with Crippen molar-refractivity contribution < 1.29 is 109 Å². The third-order valence-electron chi connectivity index (χ3n) is 14.9. The van der Waals surface area contributed by atoms with E-state index >= 15 is 0 Å². The van der Waals surface area contributed by atoms with Crippen molar-refractivity contribution in [3.63, 3.8) is 0 Å². The van der Waals surface area contributed by atoms with E-state index in [0.717, 1.165) is 17.0 Å². The first-order valence-electron chi connectivity index (χ1n) is 27.3. The summed E-state index contributed by atoms with van der Waals surface area (Å²) in [6.45, 7) is 8.11. The van der Waals surface area contributed by atoms with Gasteiger partial charge in [-0.1, -0.05) is 12.1 Å². The van der Waals surface area contributed by atoms with E-state index < -0.39 is 76.7 Å². The summed E-state index contributed by atoms with van der Waals surface area (Å²) in [6.07, 6.45) is 6.10. The number of methoxy groups -OCH3 is 2. The number of rotatable bonds is 35. The lowest BCUT2D eigenvalue weighted by Crippen LogP contribution is -2.35. The minimum Gasteiger partial charge on any atom is -0.383 e. The van der Waals surface area contributed by atoms with E-state index in [1.807, 2.05) is 30.2 Å². The second kappa shape index (κ2) is 28.8. The molecular formula is C56H72N3O23S4+. The van der Waals surface area contributed by atoms with Crippen molar-refractivity contribution >= 4 is 96.7 Å². The van der Waals surface area contributed by atoms with Gasteiger partial charge in [-0.15, -0.1) is 0 Å². The van der Waals surface area contributed by atoms with E-state index in [1.54, 1.807) is 37.5 Å². The summed E-state index contributed by atoms with van der Waals surface area (Å²) in [5.74, 6) is -1.19. The number of carbonyl (C=O) groups is 3. The number of imide groups is 1. The topological polar surface area (TPSA) is 352 Å². The molecule has 3 heterocycles. The minimum absolute atomic E-state index is 0.0324. The summed E-state index contributed by atoms with van der Waals surface area (Å²) in [4.78, 5) is 35.7. The van der Waals surface area contributed by atoms with Crippen molar-refractivity contribution in [2.24, 2.45) is 0 Å². The monoisotopic (exact) mass is 1280 g/mol. The van der Waals surface area contributed by atoms with Crippen molar-refractivity contribution in [2.45, 2.75) is 76.9 Å². The molecule has 1 unspecified atom stereocenters. The maximum absolute atomic E-state index is 13.0. The van der Waals surface area contributed by atoms with Crippen LogP contribution in [-0.2, 0) is 104 Å². The summed E-state index contributed by atoms with van der Waals surface area (Å²) in [6, 6.07) is 9.74. The quantitative estimate of drug-likeness (QED) is 0.0214. The fraction of sp³-hybridized carbons (Fsp3) is 0.500. The first-order valence-corrected chi connectivity index (χ1v) is 33.0. The zero-order chi connectivity index (χ0) is 62.8. The van der Waals surface area contributed by atoms with E-state index in [4.69, 9.17) is 37.9 Å². The van der Waals surface area contributed by atoms with Crippen LogP contribution >= 0.6 is 0 Å². The molecule has 3 aliphatic rings. The van der Waals surface area contributed by atoms with Crippen LogP contribution in [0.3, 0.4) is 0 Å². The Balaban J connectivity index is 1.23. The lowest BCUT2D eigenvalue weighted by molar-refractivity contribution is -0.442. The second-order valence-electron chi connectivity index (χ2n) is 21.0. The third-order valence-corrected chi connectivity index (χ3v) is 18.4. The Labute approximate surface area is 499 Å². The van der Waals surface area contributed by atoms with Crippen LogP contribution in [0.4, 0.5) is 11.4 Å². The maximum atomic E-state index is 13.0. The molecule has 0 bridgehead atoms. The molecule has 86 heavy (non-hydrogen) atoms. The molecule has 4 aromatic rings. The number of fused-ring (bicyclic) bond motifs is 6. The number of likely N-dealkylation sites (tertiary alicyclic amines) is 1. The van der Waals surface area contributed by atoms with Gasteiger partial charge < -0.3 is 42.8 Å². The lowest BCUT2D eigenvalue weighted by atomic mass is 9.76. The van der Waals surface area contributed by atoms with E-state index in [0.29, 0.717) is 78.9 Å². The molecule has 4 N–H and O–H groups in total. The molecule has 2 amide bonds. The van der Waals surface area contributed by atoms with E-state index in [9.17, 15) is 66.3 Å². The van der Waals surface area contributed by atoms with Gasteiger partial charge in [-0.05, 0) is 92.4 Å². The Bertz CT molecular complexity index is 3760. The van der Waals surface area contributed by atoms with Gasteiger partial charge in [0.25, 0.3) is 40.5 Å². The van der Waals surface area contributed by atoms with Gasteiger partial charge in [0.15, 0.2) is 18.0 Å². The average molecular weight is 1280 g/mol. The lowest BCUT2D eigenvalue weighted by Gasteiger charge is -2.31. The smallest absolute Gasteiger partial charge is 0.295 e. The van der Waals surface area contributed by atoms with Gasteiger partial charge >= 0.3 is 0 Å². The number of benzene rings is 4. The predicted octanol–water partition coefficient (Wildman–Crippen LogP) is 4.46. The summed E-state index contributed by atoms with van der Waals surface area (Å²) >= 11 is 0. The van der Waals surface area contributed by atoms with Crippen molar-refractivity contribution in [2.75, 3.05) is 131 Å². The summed E-state index contributed by atoms with van der Waals surface area (Å²) in [5, 5.41) is 0.110. The number of amides is 2. The molecule has 7 rings (SSSR count). The van der Waals surface area contributed by atoms with Crippen molar-refractivity contribution in [3.05, 3.63) is 83.6 Å². The standard InChI is InChI=1S/C56H71N3O23S4/c1-55(2)49(57(45-12-10-41-43(53(45)55)32-39(83(63,64)65)34-47(41)85(69,70)71)18-23-79-28-26-77-19-7-20-82-37-38(60)36-59-51(61)14-15-52(59)62)8-6-9-50-56(3,16-21-78-27-29-81-31-30-80-25-24-76-5)54-44-33-40(84(66,67)68)35-48(86(72,73)74)42(44)11-13-46(54)58(50)17-22-75-4/h6,8-13,32-35H,7,14-31,36-37H2,1-5H3,(H3-,63,64,65,66,67,68,69,70,71,72,73,74)/p+1. The molecule has 1 atom stereocenters. The van der Waals surface area contributed by atoms with Crippen LogP contribution in [0, 0.1) is 0 Å². The second-order valence-corrected chi connectivity index (χ2v) is 26.6. The molecule has 0 saturated carbocycles. The zero-order valence-electron chi connectivity index (χ0n) is 48.2. The van der Waals surface area contributed by atoms with Crippen molar-refractivity contribution in [1.82, 2.24) is 4.90 Å². The SMILES string of the molecule is COCCOCCOCCOCCC1(C)C(=CC=CC2=[N+](CCOCCOCCCOCC(=O)CN3C(=O)CCC3=O)c3ccc4c(S(=O)(=O)O)cc(S(=O)(=O)O)cc4c3C2(C)C)N(CCOC)c2ccc3c(S(=O)(=O)O)cc(S(=O)(=O)O)cc3c21. The Morgan fingerprint density at radius 1 is 0.581 bits per heavy atom.